The minimum absolute atomic E-state index is 0.100. The summed E-state index contributed by atoms with van der Waals surface area (Å²) in [6, 6.07) is 0. The largest absolute Gasteiger partial charge is 0.367 e. The van der Waals surface area contributed by atoms with Crippen LogP contribution in [0.1, 0.15) is 17.0 Å². The summed E-state index contributed by atoms with van der Waals surface area (Å²) in [5.74, 6) is 0. The van der Waals surface area contributed by atoms with E-state index in [1.54, 1.807) is 13.2 Å². The van der Waals surface area contributed by atoms with Crippen LogP contribution in [-0.4, -0.2) is 50.6 Å². The molecule has 0 radical (unpaired) electrons. The molecule has 3 rings (SSSR count). The molecule has 0 saturated carbocycles. The van der Waals surface area contributed by atoms with Gasteiger partial charge in [0.2, 0.25) is 0 Å². The fourth-order valence-corrected chi connectivity index (χ4v) is 3.75. The SMILES string of the molecule is Cc1nn(C)c(C)c1CN1CCN(c2cnn(C)c(=O)c2Br)CC1. The molecule has 130 valence electrons. The lowest BCUT2D eigenvalue weighted by atomic mass is 10.1. The number of anilines is 1. The minimum atomic E-state index is -0.100. The monoisotopic (exact) mass is 394 g/mol. The molecule has 8 heteroatoms. The van der Waals surface area contributed by atoms with Gasteiger partial charge in [-0.1, -0.05) is 0 Å². The standard InChI is InChI=1S/C16H23BrN6O/c1-11-13(12(2)20(3)19-11)10-22-5-7-23(8-6-22)14-9-18-21(4)16(24)15(14)17/h9H,5-8,10H2,1-4H3. The number of hydrogen-bond donors (Lipinski definition) is 0. The van der Waals surface area contributed by atoms with Crippen molar-refractivity contribution in [2.45, 2.75) is 20.4 Å². The lowest BCUT2D eigenvalue weighted by Gasteiger charge is -2.36. The van der Waals surface area contributed by atoms with E-state index in [4.69, 9.17) is 0 Å². The zero-order chi connectivity index (χ0) is 17.4. The summed E-state index contributed by atoms with van der Waals surface area (Å²) in [5, 5.41) is 8.63. The van der Waals surface area contributed by atoms with Gasteiger partial charge in [0, 0.05) is 58.1 Å². The molecule has 0 amide bonds. The fraction of sp³-hybridized carbons (Fsp3) is 0.562. The quantitative estimate of drug-likeness (QED) is 0.782. The molecule has 0 bridgehead atoms. The van der Waals surface area contributed by atoms with Crippen molar-refractivity contribution >= 4 is 21.6 Å². The molecule has 1 fully saturated rings. The van der Waals surface area contributed by atoms with E-state index in [9.17, 15) is 4.79 Å². The normalized spacial score (nSPS) is 16.0. The Kier molecular flexibility index (Phi) is 4.78. The van der Waals surface area contributed by atoms with E-state index in [2.05, 4.69) is 49.8 Å². The van der Waals surface area contributed by atoms with Gasteiger partial charge in [-0.25, -0.2) is 4.68 Å². The third-order valence-corrected chi connectivity index (χ3v) is 5.56. The lowest BCUT2D eigenvalue weighted by Crippen LogP contribution is -2.46. The minimum Gasteiger partial charge on any atom is -0.367 e. The first-order valence-electron chi connectivity index (χ1n) is 8.06. The number of hydrogen-bond acceptors (Lipinski definition) is 5. The van der Waals surface area contributed by atoms with Gasteiger partial charge in [0.1, 0.15) is 4.47 Å². The van der Waals surface area contributed by atoms with Gasteiger partial charge in [0.05, 0.1) is 17.6 Å². The predicted octanol–water partition coefficient (Wildman–Crippen LogP) is 1.22. The van der Waals surface area contributed by atoms with Crippen LogP contribution < -0.4 is 10.5 Å². The van der Waals surface area contributed by atoms with Crippen molar-refractivity contribution in [1.29, 1.82) is 0 Å². The van der Waals surface area contributed by atoms with Crippen molar-refractivity contribution in [1.82, 2.24) is 24.5 Å². The van der Waals surface area contributed by atoms with Crippen LogP contribution in [0.5, 0.6) is 0 Å². The second-order valence-electron chi connectivity index (χ2n) is 6.31. The molecule has 0 spiro atoms. The maximum atomic E-state index is 12.0. The van der Waals surface area contributed by atoms with Crippen molar-refractivity contribution in [2.24, 2.45) is 14.1 Å². The maximum Gasteiger partial charge on any atom is 0.282 e. The molecule has 1 aliphatic heterocycles. The summed E-state index contributed by atoms with van der Waals surface area (Å²) in [7, 11) is 3.65. The van der Waals surface area contributed by atoms with Crippen LogP contribution in [0.4, 0.5) is 5.69 Å². The Balaban J connectivity index is 1.68. The molecule has 1 saturated heterocycles. The molecule has 24 heavy (non-hydrogen) atoms. The summed E-state index contributed by atoms with van der Waals surface area (Å²) in [6.45, 7) is 8.78. The molecule has 0 unspecified atom stereocenters. The van der Waals surface area contributed by atoms with Crippen molar-refractivity contribution in [3.63, 3.8) is 0 Å². The van der Waals surface area contributed by atoms with Crippen LogP contribution in [0.3, 0.4) is 0 Å². The number of aryl methyl sites for hydroxylation is 3. The predicted molar refractivity (Wildman–Crippen MR) is 97.4 cm³/mol. The molecule has 1 aliphatic rings. The number of nitrogens with zero attached hydrogens (tertiary/aromatic N) is 6. The third-order valence-electron chi connectivity index (χ3n) is 4.81. The van der Waals surface area contributed by atoms with Gasteiger partial charge in [0.15, 0.2) is 0 Å². The third kappa shape index (κ3) is 3.12. The van der Waals surface area contributed by atoms with Gasteiger partial charge in [-0.15, -0.1) is 0 Å². The number of aromatic nitrogens is 4. The van der Waals surface area contributed by atoms with E-state index in [0.717, 1.165) is 44.1 Å². The van der Waals surface area contributed by atoms with Crippen LogP contribution in [-0.2, 0) is 20.6 Å². The van der Waals surface area contributed by atoms with Crippen LogP contribution in [0.25, 0.3) is 0 Å². The fourth-order valence-electron chi connectivity index (χ4n) is 3.14. The van der Waals surface area contributed by atoms with Gasteiger partial charge in [-0.3, -0.25) is 14.4 Å². The second-order valence-corrected chi connectivity index (χ2v) is 7.10. The van der Waals surface area contributed by atoms with Crippen LogP contribution in [0.15, 0.2) is 15.5 Å². The Labute approximate surface area is 150 Å². The van der Waals surface area contributed by atoms with Crippen LogP contribution in [0, 0.1) is 13.8 Å². The highest BCUT2D eigenvalue weighted by Crippen LogP contribution is 2.23. The van der Waals surface area contributed by atoms with E-state index in [-0.39, 0.29) is 5.56 Å². The molecule has 2 aromatic heterocycles. The molecule has 0 aliphatic carbocycles. The van der Waals surface area contributed by atoms with Crippen LogP contribution in [0.2, 0.25) is 0 Å². The van der Waals surface area contributed by atoms with Crippen LogP contribution >= 0.6 is 15.9 Å². The van der Waals surface area contributed by atoms with Crippen molar-refractivity contribution in [3.8, 4) is 0 Å². The first-order valence-corrected chi connectivity index (χ1v) is 8.86. The van der Waals surface area contributed by atoms with E-state index < -0.39 is 0 Å². The smallest absolute Gasteiger partial charge is 0.282 e. The highest BCUT2D eigenvalue weighted by molar-refractivity contribution is 9.10. The average molecular weight is 395 g/mol. The summed E-state index contributed by atoms with van der Waals surface area (Å²) >= 11 is 3.42. The Hall–Kier alpha value is -1.67. The van der Waals surface area contributed by atoms with E-state index >= 15 is 0 Å². The number of piperazine rings is 1. The Morgan fingerprint density at radius 1 is 1.12 bits per heavy atom. The number of halogens is 1. The van der Waals surface area contributed by atoms with E-state index in [1.807, 2.05) is 11.7 Å². The van der Waals surface area contributed by atoms with E-state index in [0.29, 0.717) is 4.47 Å². The van der Waals surface area contributed by atoms with Crippen molar-refractivity contribution in [3.05, 3.63) is 38.0 Å². The zero-order valence-corrected chi connectivity index (χ0v) is 16.2. The van der Waals surface area contributed by atoms with E-state index in [1.165, 1.54) is 15.9 Å². The molecule has 3 heterocycles. The molecule has 0 atom stereocenters. The van der Waals surface area contributed by atoms with Crippen molar-refractivity contribution < 1.29 is 0 Å². The molecule has 7 nitrogen and oxygen atoms in total. The summed E-state index contributed by atoms with van der Waals surface area (Å²) < 4.78 is 3.88. The molecule has 0 aromatic carbocycles. The number of rotatable bonds is 3. The topological polar surface area (TPSA) is 59.2 Å². The average Bonchev–Trinajstić information content (AvgIpc) is 2.80. The Bertz CT molecular complexity index is 804. The molecular weight excluding hydrogens is 372 g/mol. The van der Waals surface area contributed by atoms with Crippen molar-refractivity contribution in [2.75, 3.05) is 31.1 Å². The molecule has 2 aromatic rings. The van der Waals surface area contributed by atoms with Gasteiger partial charge in [-0.2, -0.15) is 10.2 Å². The maximum absolute atomic E-state index is 12.0. The first-order chi connectivity index (χ1) is 11.4. The lowest BCUT2D eigenvalue weighted by molar-refractivity contribution is 0.248. The zero-order valence-electron chi connectivity index (χ0n) is 14.6. The van der Waals surface area contributed by atoms with Gasteiger partial charge in [-0.05, 0) is 29.8 Å². The Morgan fingerprint density at radius 2 is 1.79 bits per heavy atom. The first kappa shape index (κ1) is 17.2. The highest BCUT2D eigenvalue weighted by Gasteiger charge is 2.22. The summed E-state index contributed by atoms with van der Waals surface area (Å²) in [6.07, 6.45) is 1.76. The summed E-state index contributed by atoms with van der Waals surface area (Å²) in [5.41, 5.74) is 4.44. The van der Waals surface area contributed by atoms with Gasteiger partial charge < -0.3 is 4.90 Å². The van der Waals surface area contributed by atoms with Gasteiger partial charge in [0.25, 0.3) is 5.56 Å². The van der Waals surface area contributed by atoms with Gasteiger partial charge >= 0.3 is 0 Å². The Morgan fingerprint density at radius 3 is 2.38 bits per heavy atom. The second kappa shape index (κ2) is 6.68. The highest BCUT2D eigenvalue weighted by atomic mass is 79.9. The molecular formula is C16H23BrN6O. The summed E-state index contributed by atoms with van der Waals surface area (Å²) in [4.78, 5) is 16.7. The molecule has 0 N–H and O–H groups in total.